The van der Waals surface area contributed by atoms with Crippen LogP contribution in [0.2, 0.25) is 10.0 Å². The van der Waals surface area contributed by atoms with Gasteiger partial charge in [-0.1, -0.05) is 35.3 Å². The van der Waals surface area contributed by atoms with Gasteiger partial charge in [-0.05, 0) is 67.9 Å². The highest BCUT2D eigenvalue weighted by Gasteiger charge is 2.47. The number of anilines is 3. The topological polar surface area (TPSA) is 73.3 Å². The standard InChI is InChI=1S/C30H31Cl2N3O4/c1-6-34(7-2)21-10-8-18(9-11-21)26-25(27(36)19-16-23(31)29(39-5)24(32)17-19)28(37)30(38)35(26)22-14-12-20(13-15-22)33(3)4/h8-17,26,36H,6-7H2,1-5H3/b27-25+. The summed E-state index contributed by atoms with van der Waals surface area (Å²) in [4.78, 5) is 32.6. The van der Waals surface area contributed by atoms with E-state index in [2.05, 4.69) is 18.7 Å². The maximum absolute atomic E-state index is 13.5. The molecule has 0 bridgehead atoms. The van der Waals surface area contributed by atoms with Crippen molar-refractivity contribution < 1.29 is 19.4 Å². The number of aliphatic hydroxyl groups excluding tert-OH is 1. The number of methoxy groups -OCH3 is 1. The Bertz CT molecular complexity index is 1390. The predicted octanol–water partition coefficient (Wildman–Crippen LogP) is 6.54. The zero-order valence-corrected chi connectivity index (χ0v) is 24.0. The lowest BCUT2D eigenvalue weighted by molar-refractivity contribution is -0.132. The molecule has 1 aliphatic heterocycles. The molecule has 1 unspecified atom stereocenters. The molecule has 0 radical (unpaired) electrons. The number of aliphatic hydroxyl groups is 1. The van der Waals surface area contributed by atoms with Gasteiger partial charge in [-0.15, -0.1) is 0 Å². The van der Waals surface area contributed by atoms with Crippen LogP contribution in [0.25, 0.3) is 5.76 Å². The molecule has 1 atom stereocenters. The van der Waals surface area contributed by atoms with E-state index >= 15 is 0 Å². The average Bonchev–Trinajstić information content (AvgIpc) is 3.19. The smallest absolute Gasteiger partial charge is 0.300 e. The first-order chi connectivity index (χ1) is 18.6. The van der Waals surface area contributed by atoms with Crippen molar-refractivity contribution in [2.24, 2.45) is 0 Å². The second kappa shape index (κ2) is 11.6. The van der Waals surface area contributed by atoms with Crippen LogP contribution in [-0.2, 0) is 9.59 Å². The van der Waals surface area contributed by atoms with E-state index < -0.39 is 17.7 Å². The van der Waals surface area contributed by atoms with E-state index in [0.29, 0.717) is 11.3 Å². The van der Waals surface area contributed by atoms with E-state index in [1.54, 1.807) is 12.1 Å². The van der Waals surface area contributed by atoms with Crippen LogP contribution >= 0.6 is 23.2 Å². The summed E-state index contributed by atoms with van der Waals surface area (Å²) in [6, 6.07) is 17.0. The SMILES string of the molecule is CCN(CC)c1ccc(C2/C(=C(\O)c3cc(Cl)c(OC)c(Cl)c3)C(=O)C(=O)N2c2ccc(N(C)C)cc2)cc1. The molecule has 7 nitrogen and oxygen atoms in total. The molecule has 1 amide bonds. The van der Waals surface area contributed by atoms with Crippen molar-refractivity contribution in [1.82, 2.24) is 0 Å². The molecule has 1 heterocycles. The summed E-state index contributed by atoms with van der Waals surface area (Å²) in [5, 5.41) is 11.8. The number of ether oxygens (including phenoxy) is 1. The number of hydrogen-bond donors (Lipinski definition) is 1. The summed E-state index contributed by atoms with van der Waals surface area (Å²) < 4.78 is 5.22. The summed E-state index contributed by atoms with van der Waals surface area (Å²) in [6.07, 6.45) is 0. The molecule has 4 rings (SSSR count). The fraction of sp³-hybridized carbons (Fsp3) is 0.267. The molecule has 1 saturated heterocycles. The minimum Gasteiger partial charge on any atom is -0.507 e. The number of halogens is 2. The Hall–Kier alpha value is -3.68. The van der Waals surface area contributed by atoms with Gasteiger partial charge < -0.3 is 19.6 Å². The maximum atomic E-state index is 13.5. The van der Waals surface area contributed by atoms with Gasteiger partial charge in [0, 0.05) is 49.8 Å². The lowest BCUT2D eigenvalue weighted by atomic mass is 9.94. The molecule has 3 aromatic rings. The summed E-state index contributed by atoms with van der Waals surface area (Å²) in [5.41, 5.74) is 3.32. The van der Waals surface area contributed by atoms with Crippen LogP contribution in [0.3, 0.4) is 0 Å². The van der Waals surface area contributed by atoms with E-state index in [0.717, 1.165) is 24.5 Å². The molecule has 1 aliphatic rings. The van der Waals surface area contributed by atoms with Crippen LogP contribution in [0.1, 0.15) is 31.0 Å². The van der Waals surface area contributed by atoms with Gasteiger partial charge in [-0.2, -0.15) is 0 Å². The Labute approximate surface area is 238 Å². The molecule has 3 aromatic carbocycles. The van der Waals surface area contributed by atoms with Gasteiger partial charge >= 0.3 is 0 Å². The van der Waals surface area contributed by atoms with Gasteiger partial charge in [0.25, 0.3) is 11.7 Å². The number of rotatable bonds is 8. The molecule has 204 valence electrons. The second-order valence-corrected chi connectivity index (χ2v) is 10.1. The Morgan fingerprint density at radius 2 is 1.46 bits per heavy atom. The largest absolute Gasteiger partial charge is 0.507 e. The van der Waals surface area contributed by atoms with Gasteiger partial charge in [-0.3, -0.25) is 14.5 Å². The molecule has 0 spiro atoms. The highest BCUT2D eigenvalue weighted by Crippen LogP contribution is 2.44. The number of ketones is 1. The Morgan fingerprint density at radius 3 is 1.95 bits per heavy atom. The quantitative estimate of drug-likeness (QED) is 0.189. The number of carbonyl (C=O) groups excluding carboxylic acids is 2. The number of nitrogens with zero attached hydrogens (tertiary/aromatic N) is 3. The number of benzene rings is 3. The number of Topliss-reactive ketones (excluding diaryl/α,β-unsaturated/α-hetero) is 1. The first-order valence-electron chi connectivity index (χ1n) is 12.6. The van der Waals surface area contributed by atoms with E-state index in [4.69, 9.17) is 27.9 Å². The monoisotopic (exact) mass is 567 g/mol. The zero-order valence-electron chi connectivity index (χ0n) is 22.5. The molecular weight excluding hydrogens is 537 g/mol. The van der Waals surface area contributed by atoms with E-state index in [-0.39, 0.29) is 32.7 Å². The molecule has 1 N–H and O–H groups in total. The van der Waals surface area contributed by atoms with Crippen molar-refractivity contribution >= 4 is 57.7 Å². The summed E-state index contributed by atoms with van der Waals surface area (Å²) >= 11 is 12.7. The minimum absolute atomic E-state index is 0.0513. The third kappa shape index (κ3) is 5.29. The third-order valence-electron chi connectivity index (χ3n) is 6.90. The van der Waals surface area contributed by atoms with Crippen molar-refractivity contribution in [1.29, 1.82) is 0 Å². The maximum Gasteiger partial charge on any atom is 0.300 e. The molecule has 0 aliphatic carbocycles. The van der Waals surface area contributed by atoms with Gasteiger partial charge in [-0.25, -0.2) is 0 Å². The molecule has 1 fully saturated rings. The second-order valence-electron chi connectivity index (χ2n) is 9.32. The van der Waals surface area contributed by atoms with Gasteiger partial charge in [0.1, 0.15) is 5.76 Å². The lowest BCUT2D eigenvalue weighted by Crippen LogP contribution is -2.29. The van der Waals surface area contributed by atoms with Crippen LogP contribution in [-0.4, -0.2) is 51.1 Å². The third-order valence-corrected chi connectivity index (χ3v) is 7.46. The molecule has 39 heavy (non-hydrogen) atoms. The summed E-state index contributed by atoms with van der Waals surface area (Å²) in [6.45, 7) is 5.83. The molecule has 0 aromatic heterocycles. The first kappa shape index (κ1) is 28.3. The van der Waals surface area contributed by atoms with Crippen LogP contribution in [0, 0.1) is 0 Å². The summed E-state index contributed by atoms with van der Waals surface area (Å²) in [7, 11) is 5.27. The van der Waals surface area contributed by atoms with Gasteiger partial charge in [0.2, 0.25) is 0 Å². The highest BCUT2D eigenvalue weighted by molar-refractivity contribution is 6.51. The van der Waals surface area contributed by atoms with Crippen LogP contribution in [0.5, 0.6) is 5.75 Å². The fourth-order valence-corrected chi connectivity index (χ4v) is 5.47. The highest BCUT2D eigenvalue weighted by atomic mass is 35.5. The van der Waals surface area contributed by atoms with Crippen molar-refractivity contribution in [3.63, 3.8) is 0 Å². The Morgan fingerprint density at radius 1 is 0.923 bits per heavy atom. The predicted molar refractivity (Wildman–Crippen MR) is 159 cm³/mol. The lowest BCUT2D eigenvalue weighted by Gasteiger charge is -2.27. The van der Waals surface area contributed by atoms with Crippen molar-refractivity contribution in [3.8, 4) is 5.75 Å². The van der Waals surface area contributed by atoms with Crippen LogP contribution in [0.4, 0.5) is 17.1 Å². The summed E-state index contributed by atoms with van der Waals surface area (Å²) in [5.74, 6) is -1.66. The van der Waals surface area contributed by atoms with Crippen LogP contribution < -0.4 is 19.4 Å². The molecule has 0 saturated carbocycles. The minimum atomic E-state index is -0.874. The van der Waals surface area contributed by atoms with E-state index in [9.17, 15) is 14.7 Å². The first-order valence-corrected chi connectivity index (χ1v) is 13.3. The van der Waals surface area contributed by atoms with Crippen molar-refractivity contribution in [3.05, 3.63) is 87.4 Å². The number of hydrogen-bond acceptors (Lipinski definition) is 6. The van der Waals surface area contributed by atoms with Crippen molar-refractivity contribution in [2.75, 3.05) is 49.0 Å². The Kier molecular flexibility index (Phi) is 8.42. The van der Waals surface area contributed by atoms with Gasteiger partial charge in [0.05, 0.1) is 28.8 Å². The van der Waals surface area contributed by atoms with Crippen LogP contribution in [0.15, 0.2) is 66.2 Å². The Balaban J connectivity index is 1.91. The van der Waals surface area contributed by atoms with Crippen molar-refractivity contribution in [2.45, 2.75) is 19.9 Å². The zero-order chi connectivity index (χ0) is 28.4. The van der Waals surface area contributed by atoms with E-state index in [1.807, 2.05) is 55.4 Å². The number of amides is 1. The molecular formula is C30H31Cl2N3O4. The number of carbonyl (C=O) groups is 2. The fourth-order valence-electron chi connectivity index (χ4n) is 4.83. The average molecular weight is 569 g/mol. The normalized spacial score (nSPS) is 16.5. The van der Waals surface area contributed by atoms with Gasteiger partial charge in [0.15, 0.2) is 5.75 Å². The molecule has 9 heteroatoms. The van der Waals surface area contributed by atoms with E-state index in [1.165, 1.54) is 24.1 Å².